The van der Waals surface area contributed by atoms with E-state index < -0.39 is 0 Å². The standard InChI is InChI=1S/C15H13N3O/c1-10-6-7-18-13(9-17-14(18)8-10)15(19)11-2-4-12(16)5-3-11/h2-9H,16H2,1H3. The summed E-state index contributed by atoms with van der Waals surface area (Å²) in [4.78, 5) is 16.7. The van der Waals surface area contributed by atoms with Crippen molar-refractivity contribution in [2.45, 2.75) is 6.92 Å². The molecule has 94 valence electrons. The fourth-order valence-corrected chi connectivity index (χ4v) is 2.03. The number of imidazole rings is 1. The summed E-state index contributed by atoms with van der Waals surface area (Å²) in [5.41, 5.74) is 9.32. The molecule has 3 rings (SSSR count). The van der Waals surface area contributed by atoms with Crippen molar-refractivity contribution >= 4 is 17.1 Å². The average molecular weight is 251 g/mol. The molecular formula is C15H13N3O. The van der Waals surface area contributed by atoms with Crippen LogP contribution in [0.5, 0.6) is 0 Å². The number of nitrogens with two attached hydrogens (primary N) is 1. The van der Waals surface area contributed by atoms with Gasteiger partial charge in [-0.25, -0.2) is 4.98 Å². The zero-order valence-corrected chi connectivity index (χ0v) is 10.5. The van der Waals surface area contributed by atoms with E-state index >= 15 is 0 Å². The molecule has 0 atom stereocenters. The van der Waals surface area contributed by atoms with Gasteiger partial charge in [0, 0.05) is 17.4 Å². The fraction of sp³-hybridized carbons (Fsp3) is 0.0667. The largest absolute Gasteiger partial charge is 0.399 e. The molecule has 19 heavy (non-hydrogen) atoms. The summed E-state index contributed by atoms with van der Waals surface area (Å²) in [6.45, 7) is 2.00. The lowest BCUT2D eigenvalue weighted by molar-refractivity contribution is 0.103. The topological polar surface area (TPSA) is 60.4 Å². The minimum absolute atomic E-state index is 0.0589. The van der Waals surface area contributed by atoms with Crippen LogP contribution in [-0.4, -0.2) is 15.2 Å². The molecule has 1 aromatic carbocycles. The predicted octanol–water partition coefficient (Wildman–Crippen LogP) is 2.46. The number of anilines is 1. The maximum absolute atomic E-state index is 12.4. The Hall–Kier alpha value is -2.62. The second kappa shape index (κ2) is 4.24. The number of carbonyl (C=O) groups excluding carboxylic acids is 1. The molecule has 4 heteroatoms. The third kappa shape index (κ3) is 1.97. The normalized spacial score (nSPS) is 10.8. The van der Waals surface area contributed by atoms with Crippen LogP contribution >= 0.6 is 0 Å². The highest BCUT2D eigenvalue weighted by Gasteiger charge is 2.14. The van der Waals surface area contributed by atoms with Crippen LogP contribution in [0.3, 0.4) is 0 Å². The first-order chi connectivity index (χ1) is 9.15. The van der Waals surface area contributed by atoms with Gasteiger partial charge in [-0.1, -0.05) is 0 Å². The quantitative estimate of drug-likeness (QED) is 0.562. The van der Waals surface area contributed by atoms with Gasteiger partial charge >= 0.3 is 0 Å². The third-order valence-corrected chi connectivity index (χ3v) is 3.07. The van der Waals surface area contributed by atoms with Crippen LogP contribution in [0.1, 0.15) is 21.6 Å². The summed E-state index contributed by atoms with van der Waals surface area (Å²) in [5, 5.41) is 0. The number of nitrogen functional groups attached to an aromatic ring is 1. The Morgan fingerprint density at radius 2 is 1.95 bits per heavy atom. The number of hydrogen-bond acceptors (Lipinski definition) is 3. The zero-order chi connectivity index (χ0) is 13.4. The number of carbonyl (C=O) groups is 1. The van der Waals surface area contributed by atoms with Gasteiger partial charge in [0.05, 0.1) is 6.20 Å². The van der Waals surface area contributed by atoms with Gasteiger partial charge in [-0.2, -0.15) is 0 Å². The molecule has 0 saturated carbocycles. The van der Waals surface area contributed by atoms with E-state index in [2.05, 4.69) is 4.98 Å². The first-order valence-electron chi connectivity index (χ1n) is 5.99. The molecule has 0 aliphatic heterocycles. The first kappa shape index (κ1) is 11.5. The fourth-order valence-electron chi connectivity index (χ4n) is 2.03. The van der Waals surface area contributed by atoms with E-state index in [-0.39, 0.29) is 5.78 Å². The number of pyridine rings is 1. The minimum atomic E-state index is -0.0589. The molecule has 0 spiro atoms. The summed E-state index contributed by atoms with van der Waals surface area (Å²) in [5.74, 6) is -0.0589. The van der Waals surface area contributed by atoms with Crippen LogP contribution in [-0.2, 0) is 0 Å². The van der Waals surface area contributed by atoms with E-state index in [0.29, 0.717) is 16.9 Å². The highest BCUT2D eigenvalue weighted by atomic mass is 16.1. The molecule has 2 aromatic heterocycles. The second-order valence-electron chi connectivity index (χ2n) is 4.53. The van der Waals surface area contributed by atoms with E-state index in [0.717, 1.165) is 11.2 Å². The number of benzene rings is 1. The average Bonchev–Trinajstić information content (AvgIpc) is 2.81. The van der Waals surface area contributed by atoms with E-state index in [1.54, 1.807) is 34.9 Å². The van der Waals surface area contributed by atoms with Crippen molar-refractivity contribution in [2.75, 3.05) is 5.73 Å². The smallest absolute Gasteiger partial charge is 0.211 e. The van der Waals surface area contributed by atoms with E-state index in [1.807, 2.05) is 25.3 Å². The summed E-state index contributed by atoms with van der Waals surface area (Å²) in [6.07, 6.45) is 3.47. The van der Waals surface area contributed by atoms with Crippen LogP contribution in [0.4, 0.5) is 5.69 Å². The molecule has 0 aliphatic carbocycles. The molecule has 0 radical (unpaired) electrons. The van der Waals surface area contributed by atoms with Gasteiger partial charge < -0.3 is 5.73 Å². The monoisotopic (exact) mass is 251 g/mol. The number of aryl methyl sites for hydroxylation is 1. The highest BCUT2D eigenvalue weighted by Crippen LogP contribution is 2.14. The number of aromatic nitrogens is 2. The van der Waals surface area contributed by atoms with E-state index in [4.69, 9.17) is 5.73 Å². The number of nitrogens with zero attached hydrogens (tertiary/aromatic N) is 2. The molecule has 0 aliphatic rings. The third-order valence-electron chi connectivity index (χ3n) is 3.07. The van der Waals surface area contributed by atoms with Crippen molar-refractivity contribution in [3.63, 3.8) is 0 Å². The van der Waals surface area contributed by atoms with Crippen molar-refractivity contribution in [3.05, 3.63) is 65.6 Å². The van der Waals surface area contributed by atoms with E-state index in [1.165, 1.54) is 0 Å². The van der Waals surface area contributed by atoms with Crippen molar-refractivity contribution in [1.29, 1.82) is 0 Å². The van der Waals surface area contributed by atoms with Crippen LogP contribution in [0.25, 0.3) is 5.65 Å². The Balaban J connectivity index is 2.09. The molecular weight excluding hydrogens is 238 g/mol. The van der Waals surface area contributed by atoms with Crippen molar-refractivity contribution in [1.82, 2.24) is 9.38 Å². The van der Waals surface area contributed by atoms with Gasteiger partial charge in [0.2, 0.25) is 5.78 Å². The Kier molecular flexibility index (Phi) is 2.56. The highest BCUT2D eigenvalue weighted by molar-refractivity contribution is 6.08. The molecule has 0 fully saturated rings. The molecule has 0 bridgehead atoms. The molecule has 2 N–H and O–H groups in total. The SMILES string of the molecule is Cc1ccn2c(C(=O)c3ccc(N)cc3)cnc2c1. The van der Waals surface area contributed by atoms with Crippen LogP contribution in [0.2, 0.25) is 0 Å². The van der Waals surface area contributed by atoms with Crippen molar-refractivity contribution < 1.29 is 4.79 Å². The van der Waals surface area contributed by atoms with Crippen LogP contribution < -0.4 is 5.73 Å². The Bertz CT molecular complexity index is 757. The maximum Gasteiger partial charge on any atom is 0.211 e. The Morgan fingerprint density at radius 3 is 2.68 bits per heavy atom. The molecule has 0 saturated heterocycles. The Labute approximate surface area is 110 Å². The van der Waals surface area contributed by atoms with Gasteiger partial charge in [0.15, 0.2) is 0 Å². The summed E-state index contributed by atoms with van der Waals surface area (Å²) in [7, 11) is 0. The molecule has 0 amide bonds. The lowest BCUT2D eigenvalue weighted by Crippen LogP contribution is -2.05. The van der Waals surface area contributed by atoms with Crippen LogP contribution in [0, 0.1) is 6.92 Å². The lowest BCUT2D eigenvalue weighted by Gasteiger charge is -2.02. The van der Waals surface area contributed by atoms with Gasteiger partial charge in [0.25, 0.3) is 0 Å². The van der Waals surface area contributed by atoms with Crippen molar-refractivity contribution in [3.8, 4) is 0 Å². The van der Waals surface area contributed by atoms with E-state index in [9.17, 15) is 4.79 Å². The second-order valence-corrected chi connectivity index (χ2v) is 4.53. The number of ketones is 1. The van der Waals surface area contributed by atoms with Crippen molar-refractivity contribution in [2.24, 2.45) is 0 Å². The predicted molar refractivity (Wildman–Crippen MR) is 74.2 cm³/mol. The summed E-state index contributed by atoms with van der Waals surface area (Å²) >= 11 is 0. The molecule has 2 heterocycles. The molecule has 3 aromatic rings. The van der Waals surface area contributed by atoms with Gasteiger partial charge in [-0.15, -0.1) is 0 Å². The number of rotatable bonds is 2. The number of fused-ring (bicyclic) bond motifs is 1. The minimum Gasteiger partial charge on any atom is -0.399 e. The van der Waals surface area contributed by atoms with Gasteiger partial charge in [-0.05, 0) is 48.9 Å². The van der Waals surface area contributed by atoms with Crippen LogP contribution in [0.15, 0.2) is 48.8 Å². The molecule has 4 nitrogen and oxygen atoms in total. The zero-order valence-electron chi connectivity index (χ0n) is 10.5. The first-order valence-corrected chi connectivity index (χ1v) is 5.99. The Morgan fingerprint density at radius 1 is 1.21 bits per heavy atom. The van der Waals surface area contributed by atoms with Gasteiger partial charge in [-0.3, -0.25) is 9.20 Å². The lowest BCUT2D eigenvalue weighted by atomic mass is 10.1. The summed E-state index contributed by atoms with van der Waals surface area (Å²) in [6, 6.07) is 10.8. The molecule has 0 unspecified atom stereocenters. The summed E-state index contributed by atoms with van der Waals surface area (Å²) < 4.78 is 1.80. The maximum atomic E-state index is 12.4. The number of hydrogen-bond donors (Lipinski definition) is 1. The van der Waals surface area contributed by atoms with Gasteiger partial charge in [0.1, 0.15) is 11.3 Å².